The average molecular weight is 404 g/mol. The fourth-order valence-electron chi connectivity index (χ4n) is 3.11. The maximum Gasteiger partial charge on any atom is 0.233 e. The third kappa shape index (κ3) is 9.96. The van der Waals surface area contributed by atoms with E-state index in [1.54, 1.807) is 24.3 Å². The number of nitrogens with one attached hydrogen (secondary N) is 1. The molecule has 0 heterocycles. The van der Waals surface area contributed by atoms with E-state index in [4.69, 9.17) is 21.6 Å². The first-order valence-electron chi connectivity index (χ1n) is 10.7. The Bertz CT molecular complexity index is 639. The molecule has 0 aliphatic carbocycles. The van der Waals surface area contributed by atoms with Gasteiger partial charge in [0.15, 0.2) is 5.96 Å². The van der Waals surface area contributed by atoms with Crippen LogP contribution in [0.2, 0.25) is 0 Å². The Morgan fingerprint density at radius 1 is 0.966 bits per heavy atom. The third-order valence-corrected chi connectivity index (χ3v) is 4.60. The molecule has 162 valence electrons. The van der Waals surface area contributed by atoms with Gasteiger partial charge in [-0.2, -0.15) is 4.99 Å². The van der Waals surface area contributed by atoms with Crippen LogP contribution in [0.25, 0.3) is 0 Å². The maximum atomic E-state index is 12.8. The van der Waals surface area contributed by atoms with E-state index in [9.17, 15) is 4.79 Å². The second-order valence-electron chi connectivity index (χ2n) is 7.09. The highest BCUT2D eigenvalue weighted by Gasteiger charge is 2.20. The molecule has 1 amide bonds. The van der Waals surface area contributed by atoms with Crippen LogP contribution in [0, 0.1) is 5.41 Å². The molecule has 0 atom stereocenters. The molecule has 0 unspecified atom stereocenters. The van der Waals surface area contributed by atoms with Crippen molar-refractivity contribution in [1.82, 2.24) is 0 Å². The second-order valence-corrected chi connectivity index (χ2v) is 7.09. The van der Waals surface area contributed by atoms with Gasteiger partial charge in [-0.1, -0.05) is 58.3 Å². The minimum Gasteiger partial charge on any atom is -0.494 e. The first kappa shape index (κ1) is 24.5. The van der Waals surface area contributed by atoms with E-state index < -0.39 is 0 Å². The van der Waals surface area contributed by atoms with Crippen LogP contribution in [-0.2, 0) is 4.79 Å². The van der Waals surface area contributed by atoms with Gasteiger partial charge in [0.25, 0.3) is 0 Å². The number of benzene rings is 1. The minimum absolute atomic E-state index is 0.188. The van der Waals surface area contributed by atoms with Crippen LogP contribution >= 0.6 is 0 Å². The Hall–Kier alpha value is -2.57. The van der Waals surface area contributed by atoms with Gasteiger partial charge in [0, 0.05) is 6.42 Å². The maximum absolute atomic E-state index is 12.8. The number of ether oxygens (including phenoxy) is 1. The van der Waals surface area contributed by atoms with Gasteiger partial charge < -0.3 is 16.2 Å². The molecule has 0 radical (unpaired) electrons. The van der Waals surface area contributed by atoms with E-state index in [-0.39, 0.29) is 17.8 Å². The lowest BCUT2D eigenvalue weighted by Crippen LogP contribution is -2.37. The number of unbranched alkanes of at least 4 members (excludes halogenated alkanes) is 8. The average Bonchev–Trinajstić information content (AvgIpc) is 2.68. The molecule has 29 heavy (non-hydrogen) atoms. The fraction of sp³-hybridized carbons (Fsp3) is 0.591. The number of carbonyl (C=O) groups is 1. The van der Waals surface area contributed by atoms with Crippen LogP contribution in [0.15, 0.2) is 29.3 Å². The second kappa shape index (κ2) is 14.4. The number of hydrogen-bond donors (Lipinski definition) is 3. The number of guanidine groups is 2. The highest BCUT2D eigenvalue weighted by atomic mass is 16.5. The highest BCUT2D eigenvalue weighted by molar-refractivity contribution is 6.17. The van der Waals surface area contributed by atoms with Gasteiger partial charge in [0.2, 0.25) is 11.9 Å². The Morgan fingerprint density at radius 3 is 2.03 bits per heavy atom. The number of amides is 1. The minimum atomic E-state index is -0.282. The van der Waals surface area contributed by atoms with E-state index in [2.05, 4.69) is 11.9 Å². The first-order chi connectivity index (χ1) is 14.0. The largest absolute Gasteiger partial charge is 0.494 e. The summed E-state index contributed by atoms with van der Waals surface area (Å²) in [4.78, 5) is 17.8. The molecule has 0 fully saturated rings. The van der Waals surface area contributed by atoms with Crippen molar-refractivity contribution >= 4 is 23.5 Å². The summed E-state index contributed by atoms with van der Waals surface area (Å²) in [6.07, 6.45) is 11.0. The molecule has 7 nitrogen and oxygen atoms in total. The molecule has 1 aromatic rings. The van der Waals surface area contributed by atoms with Crippen molar-refractivity contribution in [2.75, 3.05) is 11.5 Å². The Balaban J connectivity index is 2.58. The monoisotopic (exact) mass is 403 g/mol. The predicted molar refractivity (Wildman–Crippen MR) is 120 cm³/mol. The van der Waals surface area contributed by atoms with Crippen LogP contribution in [0.5, 0.6) is 5.75 Å². The first-order valence-corrected chi connectivity index (χ1v) is 10.7. The fourth-order valence-corrected chi connectivity index (χ4v) is 3.11. The van der Waals surface area contributed by atoms with Crippen molar-refractivity contribution in [1.29, 1.82) is 5.41 Å². The van der Waals surface area contributed by atoms with Gasteiger partial charge in [0.05, 0.1) is 12.3 Å². The standard InChI is InChI=1S/C22H37N5O2/c1-3-5-6-7-8-9-10-11-12-13-20(28)27(22(25)26-21(23)24)18-14-16-19(17-15-18)29-4-2/h14-17H,3-13H2,1-2H3,(H5,23,24,25,26). The molecule has 7 heteroatoms. The molecular weight excluding hydrogens is 366 g/mol. The zero-order valence-electron chi connectivity index (χ0n) is 18.0. The number of hydrogen-bond acceptors (Lipinski definition) is 3. The summed E-state index contributed by atoms with van der Waals surface area (Å²) in [5.74, 6) is -0.0139. The van der Waals surface area contributed by atoms with E-state index in [0.717, 1.165) is 19.3 Å². The summed E-state index contributed by atoms with van der Waals surface area (Å²) in [7, 11) is 0. The van der Waals surface area contributed by atoms with Crippen molar-refractivity contribution in [2.24, 2.45) is 16.5 Å². The molecule has 0 aliphatic rings. The van der Waals surface area contributed by atoms with E-state index >= 15 is 0 Å². The summed E-state index contributed by atoms with van der Waals surface area (Å²) in [5, 5.41) is 8.13. The molecule has 5 N–H and O–H groups in total. The zero-order chi connectivity index (χ0) is 21.5. The number of aliphatic imine (C=N–C) groups is 1. The van der Waals surface area contributed by atoms with Crippen molar-refractivity contribution in [3.63, 3.8) is 0 Å². The van der Waals surface area contributed by atoms with Crippen LogP contribution in [-0.4, -0.2) is 24.4 Å². The summed E-state index contributed by atoms with van der Waals surface area (Å²) in [6.45, 7) is 4.69. The van der Waals surface area contributed by atoms with Gasteiger partial charge in [-0.15, -0.1) is 0 Å². The molecule has 0 saturated heterocycles. The number of nitrogens with two attached hydrogens (primary N) is 2. The van der Waals surface area contributed by atoms with Crippen molar-refractivity contribution < 1.29 is 9.53 Å². The summed E-state index contributed by atoms with van der Waals surface area (Å²) in [6, 6.07) is 6.99. The van der Waals surface area contributed by atoms with Crippen molar-refractivity contribution in [2.45, 2.75) is 78.1 Å². The van der Waals surface area contributed by atoms with Gasteiger partial charge in [0.1, 0.15) is 5.75 Å². The molecule has 0 bridgehead atoms. The van der Waals surface area contributed by atoms with Gasteiger partial charge in [-0.05, 0) is 37.6 Å². The Kier molecular flexibility index (Phi) is 12.2. The lowest BCUT2D eigenvalue weighted by molar-refractivity contribution is -0.117. The predicted octanol–water partition coefficient (Wildman–Crippen LogP) is 4.55. The summed E-state index contributed by atoms with van der Waals surface area (Å²) >= 11 is 0. The molecule has 0 aliphatic heterocycles. The van der Waals surface area contributed by atoms with Crippen LogP contribution in [0.3, 0.4) is 0 Å². The SMILES string of the molecule is CCCCCCCCCCCC(=O)N(C(=N)N=C(N)N)c1ccc(OCC)cc1. The smallest absolute Gasteiger partial charge is 0.233 e. The zero-order valence-corrected chi connectivity index (χ0v) is 18.0. The van der Waals surface area contributed by atoms with Gasteiger partial charge in [-0.3, -0.25) is 10.2 Å². The quantitative estimate of drug-likeness (QED) is 0.254. The Labute approximate surface area is 175 Å². The lowest BCUT2D eigenvalue weighted by Gasteiger charge is -2.21. The summed E-state index contributed by atoms with van der Waals surface area (Å²) in [5.41, 5.74) is 11.3. The van der Waals surface area contributed by atoms with Crippen LogP contribution in [0.4, 0.5) is 5.69 Å². The summed E-state index contributed by atoms with van der Waals surface area (Å²) < 4.78 is 5.43. The molecule has 1 rings (SSSR count). The van der Waals surface area contributed by atoms with Gasteiger partial charge in [-0.25, -0.2) is 4.90 Å². The molecule has 0 aromatic heterocycles. The van der Waals surface area contributed by atoms with E-state index in [0.29, 0.717) is 24.5 Å². The van der Waals surface area contributed by atoms with Crippen LogP contribution < -0.4 is 21.1 Å². The van der Waals surface area contributed by atoms with Gasteiger partial charge >= 0.3 is 0 Å². The Morgan fingerprint density at radius 2 is 1.52 bits per heavy atom. The van der Waals surface area contributed by atoms with Crippen molar-refractivity contribution in [3.8, 4) is 5.75 Å². The number of carbonyl (C=O) groups excluding carboxylic acids is 1. The van der Waals surface area contributed by atoms with E-state index in [1.807, 2.05) is 6.92 Å². The molecule has 1 aromatic carbocycles. The molecular formula is C22H37N5O2. The topological polar surface area (TPSA) is 118 Å². The number of rotatable bonds is 13. The number of anilines is 1. The number of nitrogens with zero attached hydrogens (tertiary/aromatic N) is 2. The lowest BCUT2D eigenvalue weighted by atomic mass is 10.1. The van der Waals surface area contributed by atoms with Crippen molar-refractivity contribution in [3.05, 3.63) is 24.3 Å². The normalized spacial score (nSPS) is 10.4. The third-order valence-electron chi connectivity index (χ3n) is 4.60. The van der Waals surface area contributed by atoms with Crippen LogP contribution in [0.1, 0.15) is 78.1 Å². The highest BCUT2D eigenvalue weighted by Crippen LogP contribution is 2.22. The molecule has 0 spiro atoms. The molecule has 0 saturated carbocycles. The van der Waals surface area contributed by atoms with E-state index in [1.165, 1.54) is 43.4 Å².